The van der Waals surface area contributed by atoms with Crippen molar-refractivity contribution >= 4 is 17.4 Å². The van der Waals surface area contributed by atoms with Crippen molar-refractivity contribution < 1.29 is 19.1 Å². The van der Waals surface area contributed by atoms with Crippen LogP contribution in [0.4, 0.5) is 0 Å². The number of imide groups is 1. The predicted octanol–water partition coefficient (Wildman–Crippen LogP) is 3.65. The Bertz CT molecular complexity index is 1010. The molecule has 2 aliphatic rings. The van der Waals surface area contributed by atoms with Crippen molar-refractivity contribution in [3.05, 3.63) is 70.9 Å². The number of hydrogen-bond donors (Lipinski definition) is 0. The molecule has 0 fully saturated rings. The Morgan fingerprint density at radius 3 is 2.41 bits per heavy atom. The number of carbonyl (C=O) groups excluding carboxylic acids is 2. The zero-order chi connectivity index (χ0) is 22.5. The number of nitrogens with zero attached hydrogens (tertiary/aromatic N) is 2. The molecule has 32 heavy (non-hydrogen) atoms. The summed E-state index contributed by atoms with van der Waals surface area (Å²) in [7, 11) is 1.62. The van der Waals surface area contributed by atoms with Gasteiger partial charge in [-0.05, 0) is 48.1 Å². The van der Waals surface area contributed by atoms with E-state index in [-0.39, 0.29) is 11.8 Å². The molecule has 0 atom stereocenters. The molecule has 0 saturated heterocycles. The molecule has 2 heterocycles. The van der Waals surface area contributed by atoms with E-state index in [2.05, 4.69) is 24.0 Å². The average molecular weight is 435 g/mol. The van der Waals surface area contributed by atoms with Crippen molar-refractivity contribution in [3.63, 3.8) is 0 Å². The van der Waals surface area contributed by atoms with E-state index in [4.69, 9.17) is 9.47 Å². The maximum Gasteiger partial charge on any atom is 0.277 e. The lowest BCUT2D eigenvalue weighted by molar-refractivity contribution is -0.137. The minimum Gasteiger partial charge on any atom is -0.494 e. The SMILES string of the molecule is CCCOc1ccc(C2=C(N3CCc4ccccc4C3)C(=O)N(CCCOC)C2=O)cc1. The van der Waals surface area contributed by atoms with E-state index in [0.29, 0.717) is 50.5 Å². The van der Waals surface area contributed by atoms with Crippen LogP contribution in [-0.2, 0) is 27.3 Å². The van der Waals surface area contributed by atoms with Gasteiger partial charge in [0.25, 0.3) is 11.8 Å². The highest BCUT2D eigenvalue weighted by molar-refractivity contribution is 6.35. The lowest BCUT2D eigenvalue weighted by atomic mass is 9.98. The molecule has 0 spiro atoms. The first-order chi connectivity index (χ1) is 15.6. The third-order valence-corrected chi connectivity index (χ3v) is 5.94. The smallest absolute Gasteiger partial charge is 0.277 e. The summed E-state index contributed by atoms with van der Waals surface area (Å²) in [5, 5.41) is 0. The number of rotatable bonds is 9. The van der Waals surface area contributed by atoms with E-state index in [1.165, 1.54) is 16.0 Å². The van der Waals surface area contributed by atoms with Gasteiger partial charge in [0.05, 0.1) is 12.2 Å². The summed E-state index contributed by atoms with van der Waals surface area (Å²) in [5.41, 5.74) is 4.23. The first-order valence-electron chi connectivity index (χ1n) is 11.3. The van der Waals surface area contributed by atoms with Gasteiger partial charge >= 0.3 is 0 Å². The normalized spacial score (nSPS) is 16.1. The lowest BCUT2D eigenvalue weighted by Gasteiger charge is -2.31. The van der Waals surface area contributed by atoms with E-state index in [1.54, 1.807) is 7.11 Å². The first kappa shape index (κ1) is 22.1. The molecule has 0 aromatic heterocycles. The minimum atomic E-state index is -0.234. The van der Waals surface area contributed by atoms with E-state index in [0.717, 1.165) is 24.2 Å². The van der Waals surface area contributed by atoms with Gasteiger partial charge in [-0.15, -0.1) is 0 Å². The molecule has 0 bridgehead atoms. The molecule has 0 unspecified atom stereocenters. The molecule has 0 N–H and O–H groups in total. The molecule has 2 aromatic rings. The molecule has 2 aromatic carbocycles. The van der Waals surface area contributed by atoms with Crippen LogP contribution >= 0.6 is 0 Å². The molecule has 6 heteroatoms. The van der Waals surface area contributed by atoms with E-state index < -0.39 is 0 Å². The van der Waals surface area contributed by atoms with Crippen LogP contribution in [0.2, 0.25) is 0 Å². The third kappa shape index (κ3) is 4.41. The molecule has 168 valence electrons. The Morgan fingerprint density at radius 1 is 0.938 bits per heavy atom. The highest BCUT2D eigenvalue weighted by Crippen LogP contribution is 2.35. The number of methoxy groups -OCH3 is 1. The van der Waals surface area contributed by atoms with Crippen LogP contribution in [0.5, 0.6) is 5.75 Å². The van der Waals surface area contributed by atoms with Gasteiger partial charge in [0.15, 0.2) is 0 Å². The van der Waals surface area contributed by atoms with Gasteiger partial charge in [-0.1, -0.05) is 43.3 Å². The van der Waals surface area contributed by atoms with Crippen LogP contribution in [0.25, 0.3) is 5.57 Å². The van der Waals surface area contributed by atoms with Crippen LogP contribution in [0, 0.1) is 0 Å². The van der Waals surface area contributed by atoms with Gasteiger partial charge in [0.2, 0.25) is 0 Å². The summed E-state index contributed by atoms with van der Waals surface area (Å²) < 4.78 is 10.8. The number of carbonyl (C=O) groups is 2. The van der Waals surface area contributed by atoms with Gasteiger partial charge in [0, 0.05) is 33.4 Å². The second-order valence-electron chi connectivity index (χ2n) is 8.15. The second kappa shape index (κ2) is 10.0. The van der Waals surface area contributed by atoms with Crippen LogP contribution < -0.4 is 4.74 Å². The molecule has 6 nitrogen and oxygen atoms in total. The number of ether oxygens (including phenoxy) is 2. The van der Waals surface area contributed by atoms with Crippen molar-refractivity contribution in [1.82, 2.24) is 9.80 Å². The highest BCUT2D eigenvalue weighted by Gasteiger charge is 2.41. The highest BCUT2D eigenvalue weighted by atomic mass is 16.5. The van der Waals surface area contributed by atoms with Crippen molar-refractivity contribution in [2.24, 2.45) is 0 Å². The van der Waals surface area contributed by atoms with Crippen LogP contribution in [0.1, 0.15) is 36.5 Å². The Kier molecular flexibility index (Phi) is 6.90. The third-order valence-electron chi connectivity index (χ3n) is 5.94. The maximum atomic E-state index is 13.5. The molecule has 0 radical (unpaired) electrons. The van der Waals surface area contributed by atoms with Gasteiger partial charge in [-0.2, -0.15) is 0 Å². The number of benzene rings is 2. The number of hydrogen-bond acceptors (Lipinski definition) is 5. The molecular weight excluding hydrogens is 404 g/mol. The molecule has 2 aliphatic heterocycles. The summed E-state index contributed by atoms with van der Waals surface area (Å²) in [6, 6.07) is 15.8. The fourth-order valence-electron chi connectivity index (χ4n) is 4.31. The zero-order valence-corrected chi connectivity index (χ0v) is 18.8. The van der Waals surface area contributed by atoms with Gasteiger partial charge in [-0.25, -0.2) is 0 Å². The van der Waals surface area contributed by atoms with Gasteiger partial charge < -0.3 is 14.4 Å². The van der Waals surface area contributed by atoms with Crippen molar-refractivity contribution in [2.45, 2.75) is 32.7 Å². The van der Waals surface area contributed by atoms with Gasteiger partial charge in [0.1, 0.15) is 11.4 Å². The van der Waals surface area contributed by atoms with Gasteiger partial charge in [-0.3, -0.25) is 14.5 Å². The maximum absolute atomic E-state index is 13.5. The predicted molar refractivity (Wildman–Crippen MR) is 123 cm³/mol. The first-order valence-corrected chi connectivity index (χ1v) is 11.3. The monoisotopic (exact) mass is 434 g/mol. The summed E-state index contributed by atoms with van der Waals surface area (Å²) in [6.07, 6.45) is 2.39. The Labute approximate surface area is 189 Å². The summed E-state index contributed by atoms with van der Waals surface area (Å²) in [6.45, 7) is 4.88. The molecule has 4 rings (SSSR count). The summed E-state index contributed by atoms with van der Waals surface area (Å²) in [5.74, 6) is 0.312. The van der Waals surface area contributed by atoms with Crippen LogP contribution in [-0.4, -0.2) is 55.0 Å². The quantitative estimate of drug-likeness (QED) is 0.445. The number of amides is 2. The zero-order valence-electron chi connectivity index (χ0n) is 18.8. The second-order valence-corrected chi connectivity index (χ2v) is 8.15. The molecule has 0 saturated carbocycles. The Hall–Kier alpha value is -3.12. The van der Waals surface area contributed by atoms with Crippen molar-refractivity contribution in [1.29, 1.82) is 0 Å². The van der Waals surface area contributed by atoms with Crippen molar-refractivity contribution in [3.8, 4) is 5.75 Å². The summed E-state index contributed by atoms with van der Waals surface area (Å²) >= 11 is 0. The average Bonchev–Trinajstić information content (AvgIpc) is 3.07. The molecule has 2 amide bonds. The largest absolute Gasteiger partial charge is 0.494 e. The van der Waals surface area contributed by atoms with E-state index in [1.807, 2.05) is 36.4 Å². The fraction of sp³-hybridized carbons (Fsp3) is 0.385. The van der Waals surface area contributed by atoms with Crippen LogP contribution in [0.15, 0.2) is 54.2 Å². The molecular formula is C26H30N2O4. The van der Waals surface area contributed by atoms with E-state index in [9.17, 15) is 9.59 Å². The Morgan fingerprint density at radius 2 is 1.69 bits per heavy atom. The minimum absolute atomic E-state index is 0.216. The van der Waals surface area contributed by atoms with Crippen LogP contribution in [0.3, 0.4) is 0 Å². The number of fused-ring (bicyclic) bond motifs is 1. The van der Waals surface area contributed by atoms with E-state index >= 15 is 0 Å². The Balaban J connectivity index is 1.68. The lowest BCUT2D eigenvalue weighted by Crippen LogP contribution is -2.38. The topological polar surface area (TPSA) is 59.1 Å². The fourth-order valence-corrected chi connectivity index (χ4v) is 4.31. The standard InChI is InChI=1S/C26H30N2O4/c1-3-16-32-22-11-9-20(10-12-22)23-24(26(30)28(25(23)29)14-6-17-31-2)27-15-13-19-7-4-5-8-21(19)18-27/h4-5,7-12H,3,6,13-18H2,1-2H3. The molecule has 0 aliphatic carbocycles. The summed E-state index contributed by atoms with van der Waals surface area (Å²) in [4.78, 5) is 30.3. The van der Waals surface area contributed by atoms with Crippen molar-refractivity contribution in [2.75, 3.05) is 33.4 Å².